The van der Waals surface area contributed by atoms with Crippen molar-refractivity contribution < 1.29 is 17.9 Å². The van der Waals surface area contributed by atoms with Crippen LogP contribution in [0.15, 0.2) is 47.4 Å². The quantitative estimate of drug-likeness (QED) is 0.892. The van der Waals surface area contributed by atoms with E-state index in [4.69, 9.17) is 4.74 Å². The lowest BCUT2D eigenvalue weighted by Crippen LogP contribution is -2.40. The van der Waals surface area contributed by atoms with E-state index in [1.54, 1.807) is 18.2 Å². The van der Waals surface area contributed by atoms with E-state index in [0.717, 1.165) is 11.1 Å². The highest BCUT2D eigenvalue weighted by Gasteiger charge is 2.26. The largest absolute Gasteiger partial charge is 0.379 e. The molecule has 0 bridgehead atoms. The number of hydrogen-bond donors (Lipinski definition) is 1. The first-order valence-electron chi connectivity index (χ1n) is 8.44. The molecule has 0 radical (unpaired) electrons. The molecule has 0 aromatic heterocycles. The summed E-state index contributed by atoms with van der Waals surface area (Å²) < 4.78 is 31.8. The molecule has 0 unspecified atom stereocenters. The third-order valence-corrected chi connectivity index (χ3v) is 6.40. The van der Waals surface area contributed by atoms with Crippen LogP contribution in [0.4, 0.5) is 5.69 Å². The molecule has 138 valence electrons. The third kappa shape index (κ3) is 3.95. The van der Waals surface area contributed by atoms with Crippen LogP contribution in [0.3, 0.4) is 0 Å². The molecular formula is C19H22N2O4S. The molecule has 1 saturated heterocycles. The summed E-state index contributed by atoms with van der Waals surface area (Å²) in [5.74, 6) is -0.225. The number of nitrogens with one attached hydrogen (secondary N) is 1. The Morgan fingerprint density at radius 2 is 1.65 bits per heavy atom. The molecule has 2 aromatic carbocycles. The second-order valence-electron chi connectivity index (χ2n) is 6.29. The van der Waals surface area contributed by atoms with Gasteiger partial charge in [0.15, 0.2) is 0 Å². The van der Waals surface area contributed by atoms with Crippen LogP contribution in [-0.2, 0) is 14.8 Å². The molecule has 3 rings (SSSR count). The van der Waals surface area contributed by atoms with Crippen molar-refractivity contribution in [2.75, 3.05) is 31.6 Å². The fourth-order valence-corrected chi connectivity index (χ4v) is 4.14. The zero-order chi connectivity index (χ0) is 18.7. The van der Waals surface area contributed by atoms with Gasteiger partial charge in [-0.1, -0.05) is 6.07 Å². The van der Waals surface area contributed by atoms with Gasteiger partial charge in [0.25, 0.3) is 5.91 Å². The molecule has 6 nitrogen and oxygen atoms in total. The van der Waals surface area contributed by atoms with Crippen molar-refractivity contribution in [2.24, 2.45) is 0 Å². The number of hydrogen-bond acceptors (Lipinski definition) is 4. The molecule has 7 heteroatoms. The van der Waals surface area contributed by atoms with Gasteiger partial charge in [-0.2, -0.15) is 4.31 Å². The van der Waals surface area contributed by atoms with Gasteiger partial charge in [0.1, 0.15) is 0 Å². The Labute approximate surface area is 153 Å². The van der Waals surface area contributed by atoms with Crippen molar-refractivity contribution in [3.05, 3.63) is 59.2 Å². The van der Waals surface area contributed by atoms with Crippen LogP contribution in [0.1, 0.15) is 21.5 Å². The van der Waals surface area contributed by atoms with Gasteiger partial charge in [0.2, 0.25) is 10.0 Å². The highest BCUT2D eigenvalue weighted by molar-refractivity contribution is 7.89. The number of sulfonamides is 1. The number of ether oxygens (including phenoxy) is 1. The second kappa shape index (κ2) is 7.57. The standard InChI is InChI=1S/C19H22N2O4S/c1-14-3-4-16(13-15(14)2)19(22)20-17-5-7-18(8-6-17)26(23,24)21-9-11-25-12-10-21/h3-8,13H,9-12H2,1-2H3,(H,20,22). The molecule has 1 N–H and O–H groups in total. The molecule has 1 aliphatic heterocycles. The Morgan fingerprint density at radius 3 is 2.27 bits per heavy atom. The lowest BCUT2D eigenvalue weighted by atomic mass is 10.1. The maximum Gasteiger partial charge on any atom is 0.255 e. The van der Waals surface area contributed by atoms with Crippen LogP contribution >= 0.6 is 0 Å². The molecule has 1 aliphatic rings. The van der Waals surface area contributed by atoms with E-state index >= 15 is 0 Å². The lowest BCUT2D eigenvalue weighted by molar-refractivity contribution is 0.0730. The van der Waals surface area contributed by atoms with E-state index in [9.17, 15) is 13.2 Å². The maximum atomic E-state index is 12.6. The molecular weight excluding hydrogens is 352 g/mol. The molecule has 26 heavy (non-hydrogen) atoms. The molecule has 1 amide bonds. The van der Waals surface area contributed by atoms with Crippen LogP contribution < -0.4 is 5.32 Å². The minimum absolute atomic E-state index is 0.212. The van der Waals surface area contributed by atoms with E-state index in [1.807, 2.05) is 26.0 Å². The highest BCUT2D eigenvalue weighted by atomic mass is 32.2. The number of amides is 1. The van der Waals surface area contributed by atoms with Gasteiger partial charge in [-0.3, -0.25) is 4.79 Å². The van der Waals surface area contributed by atoms with E-state index in [-0.39, 0.29) is 10.8 Å². The summed E-state index contributed by atoms with van der Waals surface area (Å²) in [4.78, 5) is 12.6. The Balaban J connectivity index is 1.73. The lowest BCUT2D eigenvalue weighted by Gasteiger charge is -2.26. The number of carbonyl (C=O) groups excluding carboxylic acids is 1. The fourth-order valence-electron chi connectivity index (χ4n) is 2.73. The molecule has 0 spiro atoms. The van der Waals surface area contributed by atoms with Crippen LogP contribution in [0.25, 0.3) is 0 Å². The maximum absolute atomic E-state index is 12.6. The van der Waals surface area contributed by atoms with Crippen molar-refractivity contribution in [2.45, 2.75) is 18.7 Å². The van der Waals surface area contributed by atoms with Crippen molar-refractivity contribution in [1.29, 1.82) is 0 Å². The fraction of sp³-hybridized carbons (Fsp3) is 0.316. The SMILES string of the molecule is Cc1ccc(C(=O)Nc2ccc(S(=O)(=O)N3CCOCC3)cc2)cc1C. The van der Waals surface area contributed by atoms with E-state index in [1.165, 1.54) is 16.4 Å². The average Bonchev–Trinajstić information content (AvgIpc) is 2.65. The number of carbonyl (C=O) groups is 1. The summed E-state index contributed by atoms with van der Waals surface area (Å²) >= 11 is 0. The monoisotopic (exact) mass is 374 g/mol. The molecule has 0 atom stereocenters. The summed E-state index contributed by atoms with van der Waals surface area (Å²) in [6.45, 7) is 5.47. The van der Waals surface area contributed by atoms with Gasteiger partial charge in [-0.25, -0.2) is 8.42 Å². The number of aryl methyl sites for hydroxylation is 2. The summed E-state index contributed by atoms with van der Waals surface area (Å²) in [5, 5.41) is 2.80. The van der Waals surface area contributed by atoms with E-state index < -0.39 is 10.0 Å². The number of benzene rings is 2. The zero-order valence-corrected chi connectivity index (χ0v) is 15.7. The van der Waals surface area contributed by atoms with Gasteiger partial charge in [-0.15, -0.1) is 0 Å². The predicted octanol–water partition coefficient (Wildman–Crippen LogP) is 2.58. The predicted molar refractivity (Wildman–Crippen MR) is 99.9 cm³/mol. The zero-order valence-electron chi connectivity index (χ0n) is 14.9. The van der Waals surface area contributed by atoms with E-state index in [0.29, 0.717) is 37.6 Å². The average molecular weight is 374 g/mol. The van der Waals surface area contributed by atoms with Crippen LogP contribution in [0.2, 0.25) is 0 Å². The van der Waals surface area contributed by atoms with Crippen LogP contribution in [-0.4, -0.2) is 44.9 Å². The van der Waals surface area contributed by atoms with Gasteiger partial charge in [-0.05, 0) is 61.4 Å². The minimum atomic E-state index is -3.53. The summed E-state index contributed by atoms with van der Waals surface area (Å²) in [6, 6.07) is 11.7. The van der Waals surface area contributed by atoms with Gasteiger partial charge in [0.05, 0.1) is 18.1 Å². The van der Waals surface area contributed by atoms with Gasteiger partial charge < -0.3 is 10.1 Å². The van der Waals surface area contributed by atoms with Gasteiger partial charge >= 0.3 is 0 Å². The molecule has 1 fully saturated rings. The Kier molecular flexibility index (Phi) is 5.41. The Hall–Kier alpha value is -2.22. The van der Waals surface area contributed by atoms with Crippen LogP contribution in [0.5, 0.6) is 0 Å². The summed E-state index contributed by atoms with van der Waals surface area (Å²) in [7, 11) is -3.53. The molecule has 1 heterocycles. The Bertz CT molecular complexity index is 902. The van der Waals surface area contributed by atoms with E-state index in [2.05, 4.69) is 5.32 Å². The van der Waals surface area contributed by atoms with Crippen molar-refractivity contribution >= 4 is 21.6 Å². The van der Waals surface area contributed by atoms with Gasteiger partial charge in [0, 0.05) is 24.3 Å². The molecule has 0 saturated carbocycles. The number of morpholine rings is 1. The number of rotatable bonds is 4. The first-order chi connectivity index (χ1) is 12.4. The number of nitrogens with zero attached hydrogens (tertiary/aromatic N) is 1. The smallest absolute Gasteiger partial charge is 0.255 e. The summed E-state index contributed by atoms with van der Waals surface area (Å²) in [5.41, 5.74) is 3.29. The van der Waals surface area contributed by atoms with Crippen molar-refractivity contribution in [3.8, 4) is 0 Å². The first kappa shape index (κ1) is 18.6. The molecule has 0 aliphatic carbocycles. The summed E-state index contributed by atoms with van der Waals surface area (Å²) in [6.07, 6.45) is 0. The third-order valence-electron chi connectivity index (χ3n) is 4.49. The van der Waals surface area contributed by atoms with Crippen molar-refractivity contribution in [3.63, 3.8) is 0 Å². The van der Waals surface area contributed by atoms with Crippen molar-refractivity contribution in [1.82, 2.24) is 4.31 Å². The number of anilines is 1. The topological polar surface area (TPSA) is 75.7 Å². The normalized spacial score (nSPS) is 15.6. The highest BCUT2D eigenvalue weighted by Crippen LogP contribution is 2.20. The second-order valence-corrected chi connectivity index (χ2v) is 8.23. The Morgan fingerprint density at radius 1 is 1.00 bits per heavy atom. The first-order valence-corrected chi connectivity index (χ1v) is 9.88. The minimum Gasteiger partial charge on any atom is -0.379 e. The van der Waals surface area contributed by atoms with Crippen LogP contribution in [0, 0.1) is 13.8 Å². The molecule has 2 aromatic rings.